The molecule has 0 unspecified atom stereocenters. The van der Waals surface area contributed by atoms with E-state index >= 15 is 0 Å². The minimum absolute atomic E-state index is 0.0640. The fourth-order valence-electron chi connectivity index (χ4n) is 5.68. The van der Waals surface area contributed by atoms with Gasteiger partial charge < -0.3 is 14.1 Å². The normalized spacial score (nSPS) is 14.7. The van der Waals surface area contributed by atoms with Gasteiger partial charge >= 0.3 is 11.8 Å². The van der Waals surface area contributed by atoms with E-state index in [0.717, 1.165) is 40.8 Å². The number of amides is 1. The first-order valence-corrected chi connectivity index (χ1v) is 13.8. The number of ether oxygens (including phenoxy) is 1. The van der Waals surface area contributed by atoms with Gasteiger partial charge in [0.2, 0.25) is 0 Å². The molecule has 0 fully saturated rings. The Bertz CT molecular complexity index is 1720. The molecule has 6 rings (SSSR count). The second-order valence-corrected chi connectivity index (χ2v) is 11.7. The van der Waals surface area contributed by atoms with Gasteiger partial charge in [0.25, 0.3) is 6.43 Å². The average molecular weight is 576 g/mol. The number of anilines is 2. The maximum atomic E-state index is 14.5. The molecule has 0 atom stereocenters. The molecule has 0 N–H and O–H groups in total. The Balaban J connectivity index is 1.48. The Labute approximate surface area is 241 Å². The zero-order valence-corrected chi connectivity index (χ0v) is 23.9. The largest absolute Gasteiger partial charge is 0.444 e. The number of aryl methyl sites for hydroxylation is 2. The molecule has 42 heavy (non-hydrogen) atoms. The Morgan fingerprint density at radius 3 is 2.50 bits per heavy atom. The van der Waals surface area contributed by atoms with Crippen molar-refractivity contribution in [1.29, 1.82) is 0 Å². The van der Waals surface area contributed by atoms with Gasteiger partial charge in [-0.25, -0.2) is 18.4 Å². The molecule has 4 aromatic rings. The topological polar surface area (TPSA) is 93.7 Å². The summed E-state index contributed by atoms with van der Waals surface area (Å²) in [7, 11) is 1.76. The second kappa shape index (κ2) is 10.4. The molecule has 11 heteroatoms. The molecule has 0 bridgehead atoms. The molecule has 2 aliphatic rings. The van der Waals surface area contributed by atoms with E-state index in [1.54, 1.807) is 35.1 Å². The summed E-state index contributed by atoms with van der Waals surface area (Å²) in [6.45, 7) is 6.68. The molecule has 0 aliphatic carbocycles. The third-order valence-electron chi connectivity index (χ3n) is 7.52. The van der Waals surface area contributed by atoms with E-state index < -0.39 is 23.9 Å². The first-order chi connectivity index (χ1) is 20.0. The summed E-state index contributed by atoms with van der Waals surface area (Å²) >= 11 is 0. The van der Waals surface area contributed by atoms with Gasteiger partial charge in [-0.1, -0.05) is 0 Å². The van der Waals surface area contributed by atoms with Crippen LogP contribution in [0.25, 0.3) is 22.3 Å². The first-order valence-electron chi connectivity index (χ1n) is 13.8. The molecule has 2 aromatic heterocycles. The van der Waals surface area contributed by atoms with Gasteiger partial charge in [0, 0.05) is 66.2 Å². The Hall–Kier alpha value is -4.54. The van der Waals surface area contributed by atoms with E-state index in [0.29, 0.717) is 42.0 Å². The number of alkyl halides is 2. The highest BCUT2D eigenvalue weighted by molar-refractivity contribution is 5.82. The van der Waals surface area contributed by atoms with Gasteiger partial charge in [0.05, 0.1) is 12.7 Å². The number of benzene rings is 2. The second-order valence-electron chi connectivity index (χ2n) is 11.7. The molecule has 0 spiro atoms. The van der Waals surface area contributed by atoms with Crippen LogP contribution in [0.4, 0.5) is 25.0 Å². The lowest BCUT2D eigenvalue weighted by molar-refractivity contribution is 0.0242. The molecule has 9 nitrogen and oxygen atoms in total. The van der Waals surface area contributed by atoms with Gasteiger partial charge in [0.1, 0.15) is 11.9 Å². The Kier molecular flexibility index (Phi) is 6.83. The van der Waals surface area contributed by atoms with E-state index in [1.807, 2.05) is 39.0 Å². The number of fused-ring (bicyclic) bond motifs is 2. The number of carbonyl (C=O) groups is 1. The SMILES string of the molecule is Cn1cc(-c2cc3c(cc2C(F)F)N(c2cc(-c4cnc(=O)oc4)cc4c2CN(C(=O)OC(C)(C)C)C4)CCC3)cn1. The lowest BCUT2D eigenvalue weighted by atomic mass is 9.91. The van der Waals surface area contributed by atoms with Crippen LogP contribution < -0.4 is 10.7 Å². The van der Waals surface area contributed by atoms with Crippen molar-refractivity contribution in [3.05, 3.63) is 81.9 Å². The van der Waals surface area contributed by atoms with Crippen molar-refractivity contribution in [3.8, 4) is 22.3 Å². The summed E-state index contributed by atoms with van der Waals surface area (Å²) in [6.07, 6.45) is 4.56. The maximum absolute atomic E-state index is 14.5. The van der Waals surface area contributed by atoms with Crippen molar-refractivity contribution in [2.45, 2.75) is 58.7 Å². The van der Waals surface area contributed by atoms with Gasteiger partial charge in [0.15, 0.2) is 0 Å². The van der Waals surface area contributed by atoms with Crippen molar-refractivity contribution < 1.29 is 22.7 Å². The van der Waals surface area contributed by atoms with Crippen molar-refractivity contribution >= 4 is 17.5 Å². The molecule has 0 saturated heterocycles. The monoisotopic (exact) mass is 575 g/mol. The van der Waals surface area contributed by atoms with E-state index in [2.05, 4.69) is 15.0 Å². The molecule has 2 aromatic carbocycles. The summed E-state index contributed by atoms with van der Waals surface area (Å²) in [6, 6.07) is 7.33. The van der Waals surface area contributed by atoms with Crippen molar-refractivity contribution in [2.24, 2.45) is 7.05 Å². The smallest absolute Gasteiger partial charge is 0.438 e. The van der Waals surface area contributed by atoms with Crippen LogP contribution in [0.3, 0.4) is 0 Å². The molecule has 1 amide bonds. The number of nitrogens with zero attached hydrogens (tertiary/aromatic N) is 5. The van der Waals surface area contributed by atoms with E-state index in [4.69, 9.17) is 9.15 Å². The molecule has 4 heterocycles. The lowest BCUT2D eigenvalue weighted by Gasteiger charge is -2.34. The highest BCUT2D eigenvalue weighted by Gasteiger charge is 2.33. The average Bonchev–Trinajstić information content (AvgIpc) is 3.57. The number of carbonyl (C=O) groups excluding carboxylic acids is 1. The van der Waals surface area contributed by atoms with Crippen molar-refractivity contribution in [1.82, 2.24) is 19.7 Å². The fourth-order valence-corrected chi connectivity index (χ4v) is 5.68. The Morgan fingerprint density at radius 1 is 1.02 bits per heavy atom. The number of halogens is 2. The predicted octanol–water partition coefficient (Wildman–Crippen LogP) is 6.37. The molecule has 2 aliphatic heterocycles. The predicted molar refractivity (Wildman–Crippen MR) is 153 cm³/mol. The number of hydrogen-bond donors (Lipinski definition) is 0. The molecule has 0 saturated carbocycles. The molecular formula is C31H31F2N5O4. The fraction of sp³-hybridized carbons (Fsp3) is 0.355. The third kappa shape index (κ3) is 5.26. The van der Waals surface area contributed by atoms with Crippen molar-refractivity contribution in [3.63, 3.8) is 0 Å². The van der Waals surface area contributed by atoms with Crippen LogP contribution >= 0.6 is 0 Å². The van der Waals surface area contributed by atoms with E-state index in [9.17, 15) is 18.4 Å². The van der Waals surface area contributed by atoms with Crippen LogP contribution in [0.15, 0.2) is 58.3 Å². The first kappa shape index (κ1) is 27.6. The summed E-state index contributed by atoms with van der Waals surface area (Å²) in [5.41, 5.74) is 5.99. The van der Waals surface area contributed by atoms with E-state index in [1.165, 1.54) is 12.5 Å². The van der Waals surface area contributed by atoms with Crippen LogP contribution in [-0.2, 0) is 31.3 Å². The molecule has 0 radical (unpaired) electrons. The number of rotatable bonds is 4. The highest BCUT2D eigenvalue weighted by Crippen LogP contribution is 2.45. The van der Waals surface area contributed by atoms with Crippen LogP contribution in [0.1, 0.15) is 55.9 Å². The summed E-state index contributed by atoms with van der Waals surface area (Å²) in [5.74, 6) is -0.704. The number of hydrogen-bond acceptors (Lipinski definition) is 7. The van der Waals surface area contributed by atoms with Crippen LogP contribution in [0.5, 0.6) is 0 Å². The van der Waals surface area contributed by atoms with E-state index in [-0.39, 0.29) is 5.56 Å². The van der Waals surface area contributed by atoms with Crippen LogP contribution in [0, 0.1) is 0 Å². The third-order valence-corrected chi connectivity index (χ3v) is 7.52. The molecule has 218 valence electrons. The zero-order valence-electron chi connectivity index (χ0n) is 23.9. The Morgan fingerprint density at radius 2 is 1.83 bits per heavy atom. The summed E-state index contributed by atoms with van der Waals surface area (Å²) in [4.78, 5) is 32.0. The number of aromatic nitrogens is 3. The summed E-state index contributed by atoms with van der Waals surface area (Å²) in [5, 5.41) is 4.18. The van der Waals surface area contributed by atoms with Gasteiger partial charge in [-0.05, 0) is 80.1 Å². The summed E-state index contributed by atoms with van der Waals surface area (Å²) < 4.78 is 41.2. The zero-order chi connectivity index (χ0) is 29.8. The standard InChI is InChI=1S/C31H31F2N5O4/c1-31(2,3)42-30(40)37-15-20-8-19(22-12-34-29(39)41-17-22)10-27(25(20)16-37)38-7-5-6-18-9-23(21-13-35-36(4)14-21)24(28(32)33)11-26(18)38/h8-14,17,28H,5-7,15-16H2,1-4H3. The minimum atomic E-state index is -2.69. The van der Waals surface area contributed by atoms with Gasteiger partial charge in [-0.15, -0.1) is 0 Å². The van der Waals surface area contributed by atoms with Crippen LogP contribution in [0.2, 0.25) is 0 Å². The molecular weight excluding hydrogens is 544 g/mol. The quantitative estimate of drug-likeness (QED) is 0.279. The van der Waals surface area contributed by atoms with Crippen LogP contribution in [-0.4, -0.2) is 37.9 Å². The maximum Gasteiger partial charge on any atom is 0.438 e. The van der Waals surface area contributed by atoms with Crippen molar-refractivity contribution in [2.75, 3.05) is 11.4 Å². The highest BCUT2D eigenvalue weighted by atomic mass is 19.3. The lowest BCUT2D eigenvalue weighted by Crippen LogP contribution is -2.33. The van der Waals surface area contributed by atoms with Gasteiger partial charge in [-0.2, -0.15) is 10.1 Å². The van der Waals surface area contributed by atoms with Gasteiger partial charge in [-0.3, -0.25) is 9.58 Å². The minimum Gasteiger partial charge on any atom is -0.444 e.